The van der Waals surface area contributed by atoms with Crippen LogP contribution in [0.2, 0.25) is 0 Å². The molecule has 2 heterocycles. The SMILES string of the molecule is c1ccc(-c2ccc(-n3c4ccccc4c4cc(-c5c6ccccc6cc6c7ccccc7n(-c7ccc8ccccc8c7)c56)ccc43)cc2)cc1. The highest BCUT2D eigenvalue weighted by Crippen LogP contribution is 2.44. The summed E-state index contributed by atoms with van der Waals surface area (Å²) >= 11 is 0. The average Bonchev–Trinajstić information content (AvgIpc) is 3.72. The first-order chi connectivity index (χ1) is 25.8. The van der Waals surface area contributed by atoms with Gasteiger partial charge in [-0.25, -0.2) is 0 Å². The molecule has 0 bridgehead atoms. The molecular weight excluding hydrogens is 629 g/mol. The minimum absolute atomic E-state index is 1.16. The smallest absolute Gasteiger partial charge is 0.0625 e. The van der Waals surface area contributed by atoms with E-state index in [-0.39, 0.29) is 0 Å². The van der Waals surface area contributed by atoms with E-state index < -0.39 is 0 Å². The van der Waals surface area contributed by atoms with Crippen molar-refractivity contribution in [1.29, 1.82) is 0 Å². The maximum atomic E-state index is 2.49. The van der Waals surface area contributed by atoms with E-state index in [2.05, 4.69) is 203 Å². The first kappa shape index (κ1) is 28.9. The summed E-state index contributed by atoms with van der Waals surface area (Å²) in [6.45, 7) is 0. The number of fused-ring (bicyclic) bond motifs is 8. The summed E-state index contributed by atoms with van der Waals surface area (Å²) in [4.78, 5) is 0. The van der Waals surface area contributed by atoms with Crippen LogP contribution in [0.5, 0.6) is 0 Å². The molecule has 0 aliphatic rings. The van der Waals surface area contributed by atoms with E-state index in [0.29, 0.717) is 0 Å². The van der Waals surface area contributed by atoms with Crippen molar-refractivity contribution in [3.63, 3.8) is 0 Å². The normalized spacial score (nSPS) is 11.8. The molecule has 0 spiro atoms. The number of nitrogens with zero attached hydrogens (tertiary/aromatic N) is 2. The lowest BCUT2D eigenvalue weighted by atomic mass is 9.93. The molecule has 9 aromatic carbocycles. The zero-order valence-electron chi connectivity index (χ0n) is 28.4. The Balaban J connectivity index is 1.20. The van der Waals surface area contributed by atoms with Crippen LogP contribution in [0.4, 0.5) is 0 Å². The first-order valence-corrected chi connectivity index (χ1v) is 17.9. The largest absolute Gasteiger partial charge is 0.309 e. The highest BCUT2D eigenvalue weighted by atomic mass is 15.0. The number of para-hydroxylation sites is 2. The van der Waals surface area contributed by atoms with Crippen LogP contribution in [-0.2, 0) is 0 Å². The monoisotopic (exact) mass is 660 g/mol. The van der Waals surface area contributed by atoms with Gasteiger partial charge >= 0.3 is 0 Å². The van der Waals surface area contributed by atoms with Gasteiger partial charge in [0.05, 0.1) is 22.1 Å². The molecular formula is C50H32N2. The second-order valence-electron chi connectivity index (χ2n) is 13.8. The van der Waals surface area contributed by atoms with Crippen LogP contribution in [0.25, 0.3) is 98.8 Å². The Bertz CT molecular complexity index is 3160. The average molecular weight is 661 g/mol. The van der Waals surface area contributed by atoms with E-state index in [1.54, 1.807) is 0 Å². The zero-order chi connectivity index (χ0) is 34.2. The van der Waals surface area contributed by atoms with Gasteiger partial charge in [-0.2, -0.15) is 0 Å². The first-order valence-electron chi connectivity index (χ1n) is 17.9. The van der Waals surface area contributed by atoms with E-state index in [1.165, 1.54) is 87.4 Å². The van der Waals surface area contributed by atoms with Crippen molar-refractivity contribution in [1.82, 2.24) is 9.13 Å². The van der Waals surface area contributed by atoms with Crippen LogP contribution in [-0.4, -0.2) is 9.13 Å². The van der Waals surface area contributed by atoms with Crippen molar-refractivity contribution in [2.24, 2.45) is 0 Å². The highest BCUT2D eigenvalue weighted by Gasteiger charge is 2.21. The molecule has 0 saturated carbocycles. The number of hydrogen-bond donors (Lipinski definition) is 0. The molecule has 0 aliphatic carbocycles. The van der Waals surface area contributed by atoms with Gasteiger partial charge in [-0.3, -0.25) is 0 Å². The van der Waals surface area contributed by atoms with Gasteiger partial charge in [0.2, 0.25) is 0 Å². The third kappa shape index (κ3) is 4.31. The summed E-state index contributed by atoms with van der Waals surface area (Å²) in [6.07, 6.45) is 0. The molecule has 11 aromatic rings. The van der Waals surface area contributed by atoms with Crippen molar-refractivity contribution in [3.05, 3.63) is 194 Å². The Hall–Kier alpha value is -6.90. The molecule has 2 aromatic heterocycles. The quantitative estimate of drug-likeness (QED) is 0.178. The number of hydrogen-bond acceptors (Lipinski definition) is 0. The van der Waals surface area contributed by atoms with E-state index in [4.69, 9.17) is 0 Å². The lowest BCUT2D eigenvalue weighted by Gasteiger charge is -2.15. The molecule has 0 atom stereocenters. The molecule has 0 aliphatic heterocycles. The second-order valence-corrected chi connectivity index (χ2v) is 13.8. The molecule has 2 nitrogen and oxygen atoms in total. The molecule has 242 valence electrons. The third-order valence-electron chi connectivity index (χ3n) is 10.9. The van der Waals surface area contributed by atoms with Crippen molar-refractivity contribution in [2.75, 3.05) is 0 Å². The predicted molar refractivity (Wildman–Crippen MR) is 221 cm³/mol. The topological polar surface area (TPSA) is 9.86 Å². The van der Waals surface area contributed by atoms with Crippen molar-refractivity contribution in [3.8, 4) is 33.6 Å². The maximum absolute atomic E-state index is 2.49. The molecule has 0 N–H and O–H groups in total. The summed E-state index contributed by atoms with van der Waals surface area (Å²) in [5.74, 6) is 0. The van der Waals surface area contributed by atoms with E-state index in [9.17, 15) is 0 Å². The Morgan fingerprint density at radius 1 is 0.269 bits per heavy atom. The molecule has 0 saturated heterocycles. The van der Waals surface area contributed by atoms with Crippen LogP contribution in [0.3, 0.4) is 0 Å². The fourth-order valence-electron chi connectivity index (χ4n) is 8.51. The van der Waals surface area contributed by atoms with Gasteiger partial charge in [0.1, 0.15) is 0 Å². The summed E-state index contributed by atoms with van der Waals surface area (Å²) in [6, 6.07) is 71.0. The van der Waals surface area contributed by atoms with E-state index in [0.717, 1.165) is 11.4 Å². The van der Waals surface area contributed by atoms with Gasteiger partial charge in [-0.15, -0.1) is 0 Å². The zero-order valence-corrected chi connectivity index (χ0v) is 28.4. The Labute approximate surface area is 301 Å². The van der Waals surface area contributed by atoms with E-state index in [1.807, 2.05) is 0 Å². The summed E-state index contributed by atoms with van der Waals surface area (Å²) in [7, 11) is 0. The van der Waals surface area contributed by atoms with Crippen molar-refractivity contribution >= 4 is 65.2 Å². The van der Waals surface area contributed by atoms with Gasteiger partial charge < -0.3 is 9.13 Å². The summed E-state index contributed by atoms with van der Waals surface area (Å²) in [5, 5.41) is 9.99. The minimum atomic E-state index is 1.16. The minimum Gasteiger partial charge on any atom is -0.309 e. The maximum Gasteiger partial charge on any atom is 0.0625 e. The fraction of sp³-hybridized carbons (Fsp3) is 0. The lowest BCUT2D eigenvalue weighted by Crippen LogP contribution is -1.97. The van der Waals surface area contributed by atoms with Crippen LogP contribution >= 0.6 is 0 Å². The lowest BCUT2D eigenvalue weighted by molar-refractivity contribution is 1.18. The second kappa shape index (κ2) is 11.3. The Morgan fingerprint density at radius 3 is 1.62 bits per heavy atom. The molecule has 0 amide bonds. The van der Waals surface area contributed by atoms with Gasteiger partial charge in [-0.05, 0) is 92.8 Å². The predicted octanol–water partition coefficient (Wildman–Crippen LogP) is 13.5. The fourth-order valence-corrected chi connectivity index (χ4v) is 8.51. The van der Waals surface area contributed by atoms with Gasteiger partial charge in [0, 0.05) is 38.5 Å². The van der Waals surface area contributed by atoms with Gasteiger partial charge in [0.15, 0.2) is 0 Å². The summed E-state index contributed by atoms with van der Waals surface area (Å²) < 4.78 is 4.90. The molecule has 0 unspecified atom stereocenters. The van der Waals surface area contributed by atoms with Crippen LogP contribution in [0, 0.1) is 0 Å². The Kier molecular flexibility index (Phi) is 6.28. The molecule has 52 heavy (non-hydrogen) atoms. The molecule has 2 heteroatoms. The number of aromatic nitrogens is 2. The molecule has 11 rings (SSSR count). The molecule has 0 fully saturated rings. The number of rotatable bonds is 4. The van der Waals surface area contributed by atoms with Crippen molar-refractivity contribution < 1.29 is 0 Å². The third-order valence-corrected chi connectivity index (χ3v) is 10.9. The summed E-state index contributed by atoms with van der Waals surface area (Å²) in [5.41, 5.74) is 12.1. The van der Waals surface area contributed by atoms with Crippen LogP contribution in [0.15, 0.2) is 194 Å². The van der Waals surface area contributed by atoms with E-state index >= 15 is 0 Å². The highest BCUT2D eigenvalue weighted by molar-refractivity contribution is 6.22. The van der Waals surface area contributed by atoms with Crippen molar-refractivity contribution in [2.45, 2.75) is 0 Å². The van der Waals surface area contributed by atoms with Crippen LogP contribution in [0.1, 0.15) is 0 Å². The van der Waals surface area contributed by atoms with Crippen LogP contribution < -0.4 is 0 Å². The van der Waals surface area contributed by atoms with Gasteiger partial charge in [0.25, 0.3) is 0 Å². The van der Waals surface area contributed by atoms with Gasteiger partial charge in [-0.1, -0.05) is 140 Å². The number of benzene rings is 9. The Morgan fingerprint density at radius 2 is 0.827 bits per heavy atom. The molecule has 0 radical (unpaired) electrons. The standard InChI is InChI=1S/C50H32N2/c1-2-12-33(13-3-1)35-22-26-39(27-23-35)51-46-20-10-8-18-42(46)44-32-38(25-29-48(44)51)49-41-17-7-6-16-37(41)31-45-43-19-9-11-21-47(43)52(50(45)49)40-28-24-34-14-4-5-15-36(34)30-40/h1-32H.